The first-order chi connectivity index (χ1) is 16.2. The molecule has 0 N–H and O–H groups in total. The zero-order chi connectivity index (χ0) is 26.6. The van der Waals surface area contributed by atoms with Gasteiger partial charge in [0.15, 0.2) is 5.82 Å². The Balaban J connectivity index is 0.00000648. The molecule has 0 spiro atoms. The van der Waals surface area contributed by atoms with Crippen molar-refractivity contribution < 1.29 is 32.2 Å². The standard InChI is InChI=1S/C23H32IN3O7S.2CH4/c1-15(2)14-34-22(29)27(35(30,31)18-10-8-17(9-11-18)23(4,5)6)21-19(24)20(25-26(21)7)33-13-12-32-16(3)28;;/h8-11,15H,12-14H2,1-7H3;2*1H4. The first kappa shape index (κ1) is 34.6. The summed E-state index contributed by atoms with van der Waals surface area (Å²) in [5.74, 6) is -0.384. The van der Waals surface area contributed by atoms with Gasteiger partial charge in [0, 0.05) is 14.0 Å². The maximum atomic E-state index is 13.7. The van der Waals surface area contributed by atoms with Crippen LogP contribution in [0, 0.1) is 9.49 Å². The van der Waals surface area contributed by atoms with E-state index >= 15 is 0 Å². The minimum Gasteiger partial charge on any atom is -0.472 e. The number of aromatic nitrogens is 2. The van der Waals surface area contributed by atoms with Crippen molar-refractivity contribution >= 4 is 50.5 Å². The van der Waals surface area contributed by atoms with Crippen molar-refractivity contribution in [1.29, 1.82) is 0 Å². The van der Waals surface area contributed by atoms with Crippen LogP contribution in [-0.2, 0) is 36.8 Å². The van der Waals surface area contributed by atoms with Gasteiger partial charge in [-0.25, -0.2) is 17.9 Å². The third-order valence-corrected chi connectivity index (χ3v) is 7.33. The van der Waals surface area contributed by atoms with E-state index in [9.17, 15) is 18.0 Å². The molecule has 0 saturated carbocycles. The second-order valence-electron chi connectivity index (χ2n) is 9.27. The van der Waals surface area contributed by atoms with Crippen LogP contribution in [0.2, 0.25) is 0 Å². The Bertz CT molecular complexity index is 1150. The molecule has 2 rings (SSSR count). The van der Waals surface area contributed by atoms with Gasteiger partial charge in [-0.15, -0.1) is 9.40 Å². The molecule has 1 amide bonds. The summed E-state index contributed by atoms with van der Waals surface area (Å²) >= 11 is 1.86. The monoisotopic (exact) mass is 653 g/mol. The van der Waals surface area contributed by atoms with Crippen LogP contribution in [0.4, 0.5) is 10.6 Å². The minimum atomic E-state index is -4.36. The molecule has 0 atom stereocenters. The van der Waals surface area contributed by atoms with Crippen LogP contribution in [0.5, 0.6) is 5.88 Å². The van der Waals surface area contributed by atoms with E-state index in [0.29, 0.717) is 4.31 Å². The predicted molar refractivity (Wildman–Crippen MR) is 153 cm³/mol. The summed E-state index contributed by atoms with van der Waals surface area (Å²) in [4.78, 5) is 24.0. The van der Waals surface area contributed by atoms with Crippen molar-refractivity contribution in [3.05, 3.63) is 33.4 Å². The average Bonchev–Trinajstić information content (AvgIpc) is 3.02. The molecular weight excluding hydrogens is 613 g/mol. The molecule has 0 radical (unpaired) electrons. The molecule has 0 aliphatic heterocycles. The summed E-state index contributed by atoms with van der Waals surface area (Å²) in [5, 5.41) is 4.21. The molecule has 0 fully saturated rings. The fourth-order valence-electron chi connectivity index (χ4n) is 2.93. The van der Waals surface area contributed by atoms with E-state index in [-0.39, 0.29) is 66.2 Å². The van der Waals surface area contributed by atoms with Crippen LogP contribution >= 0.6 is 22.6 Å². The molecule has 2 aromatic rings. The van der Waals surface area contributed by atoms with Gasteiger partial charge < -0.3 is 14.2 Å². The zero-order valence-corrected chi connectivity index (χ0v) is 24.0. The molecule has 1 aromatic heterocycles. The lowest BCUT2D eigenvalue weighted by molar-refractivity contribution is -0.141. The van der Waals surface area contributed by atoms with Gasteiger partial charge in [0.25, 0.3) is 10.0 Å². The molecule has 0 bridgehead atoms. The van der Waals surface area contributed by atoms with Gasteiger partial charge in [0.05, 0.1) is 11.5 Å². The maximum absolute atomic E-state index is 13.7. The summed E-state index contributed by atoms with van der Waals surface area (Å²) in [5.41, 5.74) is 0.775. The summed E-state index contributed by atoms with van der Waals surface area (Å²) in [6, 6.07) is 6.39. The lowest BCUT2D eigenvalue weighted by Gasteiger charge is -2.23. The number of hydrogen-bond acceptors (Lipinski definition) is 8. The van der Waals surface area contributed by atoms with Gasteiger partial charge in [-0.3, -0.25) is 4.79 Å². The highest BCUT2D eigenvalue weighted by atomic mass is 127. The summed E-state index contributed by atoms with van der Waals surface area (Å²) in [6.07, 6.45) is -1.05. The van der Waals surface area contributed by atoms with Crippen LogP contribution in [0.25, 0.3) is 0 Å². The number of benzene rings is 1. The summed E-state index contributed by atoms with van der Waals surface area (Å²) in [7, 11) is -2.87. The zero-order valence-electron chi connectivity index (χ0n) is 21.0. The van der Waals surface area contributed by atoms with Crippen molar-refractivity contribution in [2.45, 2.75) is 66.7 Å². The van der Waals surface area contributed by atoms with Gasteiger partial charge >= 0.3 is 12.1 Å². The molecule has 1 aromatic carbocycles. The van der Waals surface area contributed by atoms with Gasteiger partial charge in [0.2, 0.25) is 5.88 Å². The van der Waals surface area contributed by atoms with Crippen molar-refractivity contribution in [1.82, 2.24) is 9.78 Å². The highest BCUT2D eigenvalue weighted by Crippen LogP contribution is 2.35. The Morgan fingerprint density at radius 3 is 2.14 bits per heavy atom. The molecule has 0 unspecified atom stereocenters. The number of amides is 1. The van der Waals surface area contributed by atoms with Crippen LogP contribution in [0.1, 0.15) is 62.0 Å². The van der Waals surface area contributed by atoms with E-state index in [2.05, 4.69) is 5.10 Å². The fraction of sp³-hybridized carbons (Fsp3) is 0.560. The molecule has 0 aliphatic carbocycles. The van der Waals surface area contributed by atoms with Crippen LogP contribution in [0.3, 0.4) is 0 Å². The quantitative estimate of drug-likeness (QED) is 0.197. The highest BCUT2D eigenvalue weighted by molar-refractivity contribution is 14.1. The number of ether oxygens (including phenoxy) is 3. The molecule has 37 heavy (non-hydrogen) atoms. The lowest BCUT2D eigenvalue weighted by atomic mass is 9.87. The normalized spacial score (nSPS) is 11.3. The number of halogens is 1. The van der Waals surface area contributed by atoms with E-state index in [1.165, 1.54) is 30.8 Å². The predicted octanol–water partition coefficient (Wildman–Crippen LogP) is 5.52. The van der Waals surface area contributed by atoms with Crippen molar-refractivity contribution in [2.24, 2.45) is 13.0 Å². The van der Waals surface area contributed by atoms with Gasteiger partial charge in [0.1, 0.15) is 16.8 Å². The average molecular weight is 654 g/mol. The molecular formula is C25H40IN3O7S. The Morgan fingerprint density at radius 2 is 1.65 bits per heavy atom. The number of nitrogens with zero attached hydrogens (tertiary/aromatic N) is 3. The largest absolute Gasteiger partial charge is 0.472 e. The number of sulfonamides is 1. The number of hydrogen-bond donors (Lipinski definition) is 0. The number of aryl methyl sites for hydroxylation is 1. The van der Waals surface area contributed by atoms with Crippen LogP contribution < -0.4 is 9.04 Å². The van der Waals surface area contributed by atoms with Gasteiger partial charge in [-0.1, -0.05) is 61.6 Å². The maximum Gasteiger partial charge on any atom is 0.429 e. The molecule has 210 valence electrons. The fourth-order valence-corrected chi connectivity index (χ4v) is 5.32. The van der Waals surface area contributed by atoms with Crippen molar-refractivity contribution in [3.8, 4) is 5.88 Å². The third-order valence-electron chi connectivity index (χ3n) is 4.72. The smallest absolute Gasteiger partial charge is 0.429 e. The number of carbonyl (C=O) groups is 2. The first-order valence-corrected chi connectivity index (χ1v) is 13.5. The third kappa shape index (κ3) is 8.87. The van der Waals surface area contributed by atoms with E-state index in [1.54, 1.807) is 12.1 Å². The number of rotatable bonds is 9. The topological polar surface area (TPSA) is 117 Å². The van der Waals surface area contributed by atoms with Gasteiger partial charge in [-0.2, -0.15) is 0 Å². The number of esters is 1. The highest BCUT2D eigenvalue weighted by Gasteiger charge is 2.38. The van der Waals surface area contributed by atoms with E-state index < -0.39 is 22.1 Å². The van der Waals surface area contributed by atoms with Crippen LogP contribution in [-0.4, -0.2) is 50.1 Å². The number of carbonyl (C=O) groups excluding carboxylic acids is 2. The Labute approximate surface area is 234 Å². The van der Waals surface area contributed by atoms with Gasteiger partial charge in [-0.05, 0) is 51.6 Å². The Kier molecular flexibility index (Phi) is 13.1. The van der Waals surface area contributed by atoms with Crippen molar-refractivity contribution in [2.75, 3.05) is 24.1 Å². The minimum absolute atomic E-state index is 0. The lowest BCUT2D eigenvalue weighted by Crippen LogP contribution is -2.39. The second kappa shape index (κ2) is 14.0. The molecule has 10 nitrogen and oxygen atoms in total. The molecule has 0 aliphatic rings. The van der Waals surface area contributed by atoms with E-state index in [1.807, 2.05) is 57.2 Å². The molecule has 0 saturated heterocycles. The van der Waals surface area contributed by atoms with Crippen molar-refractivity contribution in [3.63, 3.8) is 0 Å². The Hall–Kier alpha value is -2.35. The first-order valence-electron chi connectivity index (χ1n) is 11.0. The summed E-state index contributed by atoms with van der Waals surface area (Å²) < 4.78 is 45.3. The second-order valence-corrected chi connectivity index (χ2v) is 12.1. The molecule has 1 heterocycles. The number of anilines is 1. The SMILES string of the molecule is C.C.CC(=O)OCCOc1nn(C)c(N(C(=O)OCC(C)C)S(=O)(=O)c2ccc(C(C)(C)C)cc2)c1I. The summed E-state index contributed by atoms with van der Waals surface area (Å²) in [6.45, 7) is 11.1. The van der Waals surface area contributed by atoms with Crippen LogP contribution in [0.15, 0.2) is 29.2 Å². The molecule has 12 heteroatoms. The Morgan fingerprint density at radius 1 is 1.08 bits per heavy atom. The van der Waals surface area contributed by atoms with E-state index in [4.69, 9.17) is 14.2 Å². The van der Waals surface area contributed by atoms with E-state index in [0.717, 1.165) is 5.56 Å².